The first-order valence-electron chi connectivity index (χ1n) is 14.8. The van der Waals surface area contributed by atoms with E-state index in [2.05, 4.69) is 26.1 Å². The van der Waals surface area contributed by atoms with Gasteiger partial charge in [-0.15, -0.1) is 0 Å². The molecule has 3 aromatic carbocycles. The minimum absolute atomic E-state index is 0.109. The van der Waals surface area contributed by atoms with Crippen molar-refractivity contribution in [2.24, 2.45) is 0 Å². The van der Waals surface area contributed by atoms with E-state index in [1.165, 1.54) is 4.57 Å². The fraction of sp³-hybridized carbons (Fsp3) is 0.303. The highest BCUT2D eigenvalue weighted by molar-refractivity contribution is 9.10. The van der Waals surface area contributed by atoms with Crippen LogP contribution < -0.4 is 15.9 Å². The Morgan fingerprint density at radius 1 is 0.977 bits per heavy atom. The number of morpholine rings is 1. The zero-order valence-corrected chi connectivity index (χ0v) is 26.3. The molecule has 11 heteroatoms. The maximum Gasteiger partial charge on any atom is 0.333 e. The van der Waals surface area contributed by atoms with Crippen LogP contribution in [0.5, 0.6) is 0 Å². The molecular formula is C33H31BrClN5O4. The minimum atomic E-state index is -0.379. The molecule has 0 spiro atoms. The summed E-state index contributed by atoms with van der Waals surface area (Å²) in [7, 11) is 0. The van der Waals surface area contributed by atoms with Crippen molar-refractivity contribution < 1.29 is 14.3 Å². The number of aromatic nitrogens is 2. The number of hydrogen-bond acceptors (Lipinski definition) is 5. The number of imidazole rings is 1. The molecule has 0 saturated carbocycles. The number of nitrogens with one attached hydrogen (secondary N) is 1. The molecule has 0 unspecified atom stereocenters. The van der Waals surface area contributed by atoms with Crippen molar-refractivity contribution in [3.63, 3.8) is 0 Å². The van der Waals surface area contributed by atoms with Crippen LogP contribution in [0, 0.1) is 0 Å². The van der Waals surface area contributed by atoms with Crippen molar-refractivity contribution in [1.82, 2.24) is 19.4 Å². The van der Waals surface area contributed by atoms with E-state index < -0.39 is 0 Å². The maximum atomic E-state index is 13.9. The predicted octanol–water partition coefficient (Wildman–Crippen LogP) is 5.01. The van der Waals surface area contributed by atoms with E-state index in [-0.39, 0.29) is 42.4 Å². The van der Waals surface area contributed by atoms with Crippen LogP contribution in [-0.2, 0) is 24.4 Å². The van der Waals surface area contributed by atoms with Crippen LogP contribution in [0.15, 0.2) is 82.1 Å². The van der Waals surface area contributed by atoms with Crippen molar-refractivity contribution in [1.29, 1.82) is 0 Å². The monoisotopic (exact) mass is 675 g/mol. The first kappa shape index (κ1) is 28.9. The molecule has 8 rings (SSSR count). The van der Waals surface area contributed by atoms with Gasteiger partial charge in [0.25, 0.3) is 11.8 Å². The Balaban J connectivity index is 1.23. The van der Waals surface area contributed by atoms with Crippen molar-refractivity contribution in [3.05, 3.63) is 115 Å². The summed E-state index contributed by atoms with van der Waals surface area (Å²) in [6.07, 6.45) is 2.44. The maximum absolute atomic E-state index is 13.9. The number of piperidine rings is 1. The zero-order chi connectivity index (χ0) is 30.4. The molecule has 5 heterocycles. The molecule has 0 aliphatic carbocycles. The summed E-state index contributed by atoms with van der Waals surface area (Å²) in [4.78, 5) is 45.4. The first-order chi connectivity index (χ1) is 21.4. The molecule has 1 aromatic heterocycles. The SMILES string of the molecule is O=C(NCc1ccccc1)c1c2n(c(=O)n1-c1ccc(N3C[C@@H]4CC[C@H]3CO4)cc1)CCN(C(=O)c1ccc(Br)c(Cl)c1)C2. The second-order valence-electron chi connectivity index (χ2n) is 11.4. The molecule has 4 aliphatic rings. The Kier molecular flexibility index (Phi) is 7.82. The second kappa shape index (κ2) is 11.9. The number of amides is 2. The summed E-state index contributed by atoms with van der Waals surface area (Å²) in [5.41, 5.74) is 3.48. The number of anilines is 1. The fourth-order valence-electron chi connectivity index (χ4n) is 6.44. The van der Waals surface area contributed by atoms with Crippen LogP contribution >= 0.6 is 27.5 Å². The molecule has 4 aromatic rings. The lowest BCUT2D eigenvalue weighted by molar-refractivity contribution is -0.0225. The summed E-state index contributed by atoms with van der Waals surface area (Å²) in [5, 5.41) is 3.43. The highest BCUT2D eigenvalue weighted by Gasteiger charge is 2.35. The van der Waals surface area contributed by atoms with Crippen LogP contribution in [0.4, 0.5) is 5.69 Å². The molecule has 4 aliphatic heterocycles. The Morgan fingerprint density at radius 2 is 1.75 bits per heavy atom. The highest BCUT2D eigenvalue weighted by Crippen LogP contribution is 2.32. The molecule has 3 saturated heterocycles. The number of nitrogens with zero attached hydrogens (tertiary/aromatic N) is 4. The molecule has 3 fully saturated rings. The lowest BCUT2D eigenvalue weighted by Crippen LogP contribution is -2.54. The number of fused-ring (bicyclic) bond motifs is 4. The third-order valence-corrected chi connectivity index (χ3v) is 10.0. The van der Waals surface area contributed by atoms with Crippen LogP contribution in [0.25, 0.3) is 5.69 Å². The second-order valence-corrected chi connectivity index (χ2v) is 12.7. The van der Waals surface area contributed by atoms with E-state index in [1.807, 2.05) is 54.6 Å². The van der Waals surface area contributed by atoms with Crippen LogP contribution in [0.3, 0.4) is 0 Å². The highest BCUT2D eigenvalue weighted by atomic mass is 79.9. The molecule has 1 N–H and O–H groups in total. The number of halogens is 2. The topological polar surface area (TPSA) is 88.8 Å². The molecule has 226 valence electrons. The summed E-state index contributed by atoms with van der Waals surface area (Å²) >= 11 is 9.64. The quantitative estimate of drug-likeness (QED) is 0.311. The van der Waals surface area contributed by atoms with Gasteiger partial charge in [-0.05, 0) is 76.8 Å². The number of benzene rings is 3. The fourth-order valence-corrected chi connectivity index (χ4v) is 6.87. The van der Waals surface area contributed by atoms with Crippen LogP contribution in [0.2, 0.25) is 5.02 Å². The van der Waals surface area contributed by atoms with Crippen LogP contribution in [0.1, 0.15) is 44.9 Å². The van der Waals surface area contributed by atoms with E-state index in [0.29, 0.717) is 45.6 Å². The van der Waals surface area contributed by atoms with E-state index in [0.717, 1.165) is 37.2 Å². The van der Waals surface area contributed by atoms with Crippen molar-refractivity contribution in [3.8, 4) is 5.69 Å². The molecule has 44 heavy (non-hydrogen) atoms. The van der Waals surface area contributed by atoms with Crippen LogP contribution in [-0.4, -0.2) is 57.7 Å². The Bertz CT molecular complexity index is 1780. The van der Waals surface area contributed by atoms with Gasteiger partial charge in [-0.2, -0.15) is 0 Å². The summed E-state index contributed by atoms with van der Waals surface area (Å²) in [6.45, 7) is 2.59. The third kappa shape index (κ3) is 5.35. The molecule has 2 atom stereocenters. The van der Waals surface area contributed by atoms with Gasteiger partial charge in [-0.25, -0.2) is 4.79 Å². The van der Waals surface area contributed by atoms with Gasteiger partial charge in [0.1, 0.15) is 5.69 Å². The van der Waals surface area contributed by atoms with E-state index >= 15 is 0 Å². The normalized spacial score (nSPS) is 19.1. The van der Waals surface area contributed by atoms with Gasteiger partial charge in [0.2, 0.25) is 0 Å². The lowest BCUT2D eigenvalue weighted by Gasteiger charge is -2.46. The van der Waals surface area contributed by atoms with E-state index in [9.17, 15) is 14.4 Å². The Labute approximate surface area is 268 Å². The molecule has 2 bridgehead atoms. The molecular weight excluding hydrogens is 646 g/mol. The van der Waals surface area contributed by atoms with Gasteiger partial charge in [0.05, 0.1) is 41.7 Å². The average Bonchev–Trinajstić information content (AvgIpc) is 3.37. The van der Waals surface area contributed by atoms with Gasteiger partial charge in [0, 0.05) is 41.9 Å². The Hall–Kier alpha value is -3.86. The van der Waals surface area contributed by atoms with Crippen molar-refractivity contribution >= 4 is 45.0 Å². The smallest absolute Gasteiger partial charge is 0.333 e. The number of rotatable bonds is 6. The first-order valence-corrected chi connectivity index (χ1v) is 15.9. The average molecular weight is 677 g/mol. The van der Waals surface area contributed by atoms with Gasteiger partial charge >= 0.3 is 5.69 Å². The minimum Gasteiger partial charge on any atom is -0.374 e. The molecule has 9 nitrogen and oxygen atoms in total. The number of ether oxygens (including phenoxy) is 1. The standard InChI is InChI=1S/C33H31BrClN5O4/c34-27-13-6-22(16-28(27)35)32(42)37-14-15-38-29(19-37)30(31(41)36-17-21-4-2-1-3-5-21)40(33(38)43)24-9-7-23(8-10-24)39-18-26-12-11-25(39)20-44-26/h1-10,13,16,25-26H,11-12,14-15,17-20H2,(H,36,41)/t25-,26-/m0/s1. The summed E-state index contributed by atoms with van der Waals surface area (Å²) in [6, 6.07) is 22.8. The van der Waals surface area contributed by atoms with Gasteiger partial charge in [-0.3, -0.25) is 18.7 Å². The van der Waals surface area contributed by atoms with Gasteiger partial charge < -0.3 is 19.9 Å². The van der Waals surface area contributed by atoms with E-state index in [4.69, 9.17) is 16.3 Å². The molecule has 0 radical (unpaired) electrons. The van der Waals surface area contributed by atoms with Gasteiger partial charge in [0.15, 0.2) is 0 Å². The van der Waals surface area contributed by atoms with Crippen molar-refractivity contribution in [2.45, 2.75) is 44.6 Å². The van der Waals surface area contributed by atoms with Gasteiger partial charge in [-0.1, -0.05) is 41.9 Å². The number of carbonyl (C=O) groups is 2. The number of carbonyl (C=O) groups excluding carboxylic acids is 2. The largest absolute Gasteiger partial charge is 0.374 e. The van der Waals surface area contributed by atoms with Crippen molar-refractivity contribution in [2.75, 3.05) is 24.6 Å². The number of hydrogen-bond donors (Lipinski definition) is 1. The summed E-state index contributed by atoms with van der Waals surface area (Å²) in [5.74, 6) is -0.596. The predicted molar refractivity (Wildman–Crippen MR) is 172 cm³/mol. The van der Waals surface area contributed by atoms with E-state index in [1.54, 1.807) is 27.7 Å². The molecule has 2 amide bonds. The summed E-state index contributed by atoms with van der Waals surface area (Å²) < 4.78 is 9.67. The zero-order valence-electron chi connectivity index (χ0n) is 23.9. The third-order valence-electron chi connectivity index (χ3n) is 8.77. The Morgan fingerprint density at radius 3 is 2.43 bits per heavy atom. The lowest BCUT2D eigenvalue weighted by atomic mass is 9.96.